The quantitative estimate of drug-likeness (QED) is 0.792. The monoisotopic (exact) mass is 323 g/mol. The highest BCUT2D eigenvalue weighted by molar-refractivity contribution is 5.87. The van der Waals surface area contributed by atoms with Crippen LogP contribution < -0.4 is 0 Å². The Morgan fingerprint density at radius 1 is 1.26 bits per heavy atom. The summed E-state index contributed by atoms with van der Waals surface area (Å²) in [7, 11) is 0. The lowest BCUT2D eigenvalue weighted by atomic mass is 10.3. The van der Waals surface area contributed by atoms with Gasteiger partial charge in [-0.3, -0.25) is 4.79 Å². The summed E-state index contributed by atoms with van der Waals surface area (Å²) in [6.45, 7) is 4.81. The number of aromatic nitrogens is 4. The minimum Gasteiger partial charge on any atom is -0.331 e. The highest BCUT2D eigenvalue weighted by Crippen LogP contribution is 2.28. The van der Waals surface area contributed by atoms with Crippen molar-refractivity contribution < 1.29 is 18.0 Å². The number of imidazole rings is 1. The van der Waals surface area contributed by atoms with Gasteiger partial charge in [-0.1, -0.05) is 6.58 Å². The van der Waals surface area contributed by atoms with Crippen LogP contribution in [0.15, 0.2) is 31.2 Å². The number of carbonyl (C=O) groups is 1. The number of nitrogens with zero attached hydrogens (tertiary/aromatic N) is 5. The SMILES string of the molecule is C=CC(=O)N1CCn2cc(-c3ncc(C(F)(F)F)cn3)nc2C1. The van der Waals surface area contributed by atoms with Crippen LogP contribution in [0.5, 0.6) is 0 Å². The smallest absolute Gasteiger partial charge is 0.331 e. The molecule has 0 unspecified atom stereocenters. The van der Waals surface area contributed by atoms with Gasteiger partial charge in [-0.05, 0) is 6.08 Å². The van der Waals surface area contributed by atoms with Crippen molar-refractivity contribution in [3.8, 4) is 11.5 Å². The fourth-order valence-electron chi connectivity index (χ4n) is 2.28. The number of fused-ring (bicyclic) bond motifs is 1. The highest BCUT2D eigenvalue weighted by atomic mass is 19.4. The third-order valence-electron chi connectivity index (χ3n) is 3.50. The Balaban J connectivity index is 1.85. The molecule has 0 N–H and O–H groups in total. The van der Waals surface area contributed by atoms with Gasteiger partial charge in [0.05, 0.1) is 12.1 Å². The lowest BCUT2D eigenvalue weighted by Gasteiger charge is -2.26. The fraction of sp³-hybridized carbons (Fsp3) is 0.286. The van der Waals surface area contributed by atoms with E-state index in [0.717, 1.165) is 12.4 Å². The molecule has 120 valence electrons. The summed E-state index contributed by atoms with van der Waals surface area (Å²) in [6, 6.07) is 0. The van der Waals surface area contributed by atoms with E-state index in [-0.39, 0.29) is 11.7 Å². The van der Waals surface area contributed by atoms with E-state index in [2.05, 4.69) is 21.5 Å². The topological polar surface area (TPSA) is 63.9 Å². The summed E-state index contributed by atoms with van der Waals surface area (Å²) >= 11 is 0. The number of hydrogen-bond acceptors (Lipinski definition) is 4. The molecule has 1 amide bonds. The molecule has 0 aromatic carbocycles. The number of hydrogen-bond donors (Lipinski definition) is 0. The molecule has 3 heterocycles. The number of carbonyl (C=O) groups excluding carboxylic acids is 1. The first-order chi connectivity index (χ1) is 10.9. The zero-order chi connectivity index (χ0) is 16.6. The van der Waals surface area contributed by atoms with Crippen LogP contribution in [0.2, 0.25) is 0 Å². The van der Waals surface area contributed by atoms with Crippen LogP contribution in [0.25, 0.3) is 11.5 Å². The molecule has 2 aromatic heterocycles. The second-order valence-electron chi connectivity index (χ2n) is 4.99. The van der Waals surface area contributed by atoms with Gasteiger partial charge >= 0.3 is 6.18 Å². The molecule has 3 rings (SSSR count). The molecule has 0 aliphatic carbocycles. The molecule has 0 spiro atoms. The van der Waals surface area contributed by atoms with Crippen LogP contribution in [0.4, 0.5) is 13.2 Å². The standard InChI is InChI=1S/C14H12F3N5O/c1-2-12(23)22-4-3-21-7-10(20-11(21)8-22)13-18-5-9(6-19-13)14(15,16)17/h2,5-7H,1,3-4,8H2. The van der Waals surface area contributed by atoms with Crippen molar-refractivity contribution in [2.24, 2.45) is 0 Å². The van der Waals surface area contributed by atoms with E-state index in [1.54, 1.807) is 11.1 Å². The van der Waals surface area contributed by atoms with E-state index >= 15 is 0 Å². The second kappa shape index (κ2) is 5.49. The molecule has 0 atom stereocenters. The summed E-state index contributed by atoms with van der Waals surface area (Å²) in [4.78, 5) is 25.0. The van der Waals surface area contributed by atoms with Crippen molar-refractivity contribution in [3.63, 3.8) is 0 Å². The second-order valence-corrected chi connectivity index (χ2v) is 4.99. The Bertz CT molecular complexity index is 751. The van der Waals surface area contributed by atoms with Gasteiger partial charge in [0.1, 0.15) is 11.5 Å². The van der Waals surface area contributed by atoms with Crippen LogP contribution in [-0.2, 0) is 24.1 Å². The van der Waals surface area contributed by atoms with Crippen LogP contribution in [-0.4, -0.2) is 36.9 Å². The molecule has 0 saturated carbocycles. The molecule has 0 radical (unpaired) electrons. The zero-order valence-corrected chi connectivity index (χ0v) is 11.9. The first-order valence-corrected chi connectivity index (χ1v) is 6.75. The molecular weight excluding hydrogens is 311 g/mol. The zero-order valence-electron chi connectivity index (χ0n) is 11.9. The van der Waals surface area contributed by atoms with Gasteiger partial charge in [-0.2, -0.15) is 13.2 Å². The molecule has 1 aliphatic heterocycles. The van der Waals surface area contributed by atoms with Crippen molar-refractivity contribution in [2.45, 2.75) is 19.3 Å². The molecule has 0 saturated heterocycles. The van der Waals surface area contributed by atoms with E-state index in [4.69, 9.17) is 0 Å². The summed E-state index contributed by atoms with van der Waals surface area (Å²) in [5.74, 6) is 0.554. The van der Waals surface area contributed by atoms with E-state index in [1.807, 2.05) is 4.57 Å². The summed E-state index contributed by atoms with van der Waals surface area (Å²) in [5.41, 5.74) is -0.533. The average molecular weight is 323 g/mol. The van der Waals surface area contributed by atoms with Crippen molar-refractivity contribution in [1.82, 2.24) is 24.4 Å². The number of alkyl halides is 3. The molecule has 23 heavy (non-hydrogen) atoms. The first-order valence-electron chi connectivity index (χ1n) is 6.75. The average Bonchev–Trinajstić information content (AvgIpc) is 2.96. The lowest BCUT2D eigenvalue weighted by Crippen LogP contribution is -2.37. The maximum absolute atomic E-state index is 12.5. The van der Waals surface area contributed by atoms with Crippen molar-refractivity contribution in [2.75, 3.05) is 6.54 Å². The van der Waals surface area contributed by atoms with Gasteiger partial charge in [-0.15, -0.1) is 0 Å². The number of rotatable bonds is 2. The van der Waals surface area contributed by atoms with Gasteiger partial charge in [0.25, 0.3) is 0 Å². The van der Waals surface area contributed by atoms with Crippen molar-refractivity contribution >= 4 is 5.91 Å². The Morgan fingerprint density at radius 2 is 1.96 bits per heavy atom. The van der Waals surface area contributed by atoms with E-state index in [9.17, 15) is 18.0 Å². The first kappa shape index (κ1) is 15.2. The predicted octanol–water partition coefficient (Wildman–Crippen LogP) is 1.89. The van der Waals surface area contributed by atoms with E-state index in [0.29, 0.717) is 31.2 Å². The summed E-state index contributed by atoms with van der Waals surface area (Å²) in [5, 5.41) is 0. The Hall–Kier alpha value is -2.71. The third-order valence-corrected chi connectivity index (χ3v) is 3.50. The molecule has 6 nitrogen and oxygen atoms in total. The predicted molar refractivity (Wildman–Crippen MR) is 73.9 cm³/mol. The third kappa shape index (κ3) is 2.94. The molecule has 1 aliphatic rings. The van der Waals surface area contributed by atoms with E-state index < -0.39 is 11.7 Å². The summed E-state index contributed by atoms with van der Waals surface area (Å²) < 4.78 is 39.4. The van der Waals surface area contributed by atoms with Gasteiger partial charge in [0, 0.05) is 31.7 Å². The van der Waals surface area contributed by atoms with Crippen LogP contribution in [0.1, 0.15) is 11.4 Å². The minimum absolute atomic E-state index is 0.112. The molecule has 2 aromatic rings. The molecule has 0 fully saturated rings. The summed E-state index contributed by atoms with van der Waals surface area (Å²) in [6.07, 6.45) is -0.105. The Labute approximate surface area is 129 Å². The van der Waals surface area contributed by atoms with Crippen molar-refractivity contribution in [3.05, 3.63) is 42.6 Å². The molecular formula is C14H12F3N5O. The maximum Gasteiger partial charge on any atom is 0.419 e. The molecule has 0 bridgehead atoms. The van der Waals surface area contributed by atoms with E-state index in [1.165, 1.54) is 6.08 Å². The Kier molecular flexibility index (Phi) is 3.63. The van der Waals surface area contributed by atoms with Gasteiger partial charge < -0.3 is 9.47 Å². The maximum atomic E-state index is 12.5. The number of amides is 1. The van der Waals surface area contributed by atoms with Gasteiger partial charge in [0.2, 0.25) is 5.91 Å². The minimum atomic E-state index is -4.47. The van der Waals surface area contributed by atoms with Crippen LogP contribution in [0, 0.1) is 0 Å². The Morgan fingerprint density at radius 3 is 2.57 bits per heavy atom. The van der Waals surface area contributed by atoms with Crippen molar-refractivity contribution in [1.29, 1.82) is 0 Å². The highest BCUT2D eigenvalue weighted by Gasteiger charge is 2.31. The molecule has 9 heteroatoms. The lowest BCUT2D eigenvalue weighted by molar-refractivity contribution is -0.138. The van der Waals surface area contributed by atoms with Gasteiger partial charge in [0.15, 0.2) is 5.82 Å². The van der Waals surface area contributed by atoms with Crippen LogP contribution in [0.3, 0.4) is 0 Å². The van der Waals surface area contributed by atoms with Gasteiger partial charge in [-0.25, -0.2) is 15.0 Å². The fourth-order valence-corrected chi connectivity index (χ4v) is 2.28. The normalized spacial score (nSPS) is 14.5. The largest absolute Gasteiger partial charge is 0.419 e. The van der Waals surface area contributed by atoms with Crippen LogP contribution >= 0.6 is 0 Å². The number of halogens is 3.